The van der Waals surface area contributed by atoms with Gasteiger partial charge in [-0.25, -0.2) is 0 Å². The average Bonchev–Trinajstić information content (AvgIpc) is 2.77. The first-order chi connectivity index (χ1) is 15.3. The third kappa shape index (κ3) is 5.95. The highest BCUT2D eigenvalue weighted by Gasteiger charge is 2.12. The minimum absolute atomic E-state index is 0.0162. The molecule has 0 spiro atoms. The smallest absolute Gasteiger partial charge is 0.269 e. The molecule has 0 heterocycles. The second-order valence-corrected chi connectivity index (χ2v) is 7.45. The van der Waals surface area contributed by atoms with Crippen LogP contribution in [0.4, 0.5) is 5.69 Å². The Bertz CT molecular complexity index is 1120. The molecule has 7 heteroatoms. The van der Waals surface area contributed by atoms with Crippen LogP contribution in [-0.4, -0.2) is 23.8 Å². The molecule has 0 atom stereocenters. The van der Waals surface area contributed by atoms with Crippen LogP contribution in [0.5, 0.6) is 5.75 Å². The topological polar surface area (TPSA) is 96.5 Å². The van der Waals surface area contributed by atoms with Crippen LogP contribution in [0.3, 0.4) is 0 Å². The lowest BCUT2D eigenvalue weighted by molar-refractivity contribution is 0.0846. The fourth-order valence-corrected chi connectivity index (χ4v) is 2.97. The van der Waals surface area contributed by atoms with Gasteiger partial charge in [-0.2, -0.15) is 0 Å². The zero-order valence-electron chi connectivity index (χ0n) is 18.1. The van der Waals surface area contributed by atoms with Gasteiger partial charge in [0.05, 0.1) is 6.10 Å². The van der Waals surface area contributed by atoms with Gasteiger partial charge < -0.3 is 10.1 Å². The Labute approximate surface area is 186 Å². The highest BCUT2D eigenvalue weighted by molar-refractivity contribution is 6.05. The quantitative estimate of drug-likeness (QED) is 0.512. The highest BCUT2D eigenvalue weighted by atomic mass is 16.5. The molecule has 0 unspecified atom stereocenters. The van der Waals surface area contributed by atoms with E-state index in [-0.39, 0.29) is 12.0 Å². The molecule has 0 aliphatic rings. The molecule has 0 radical (unpaired) electrons. The van der Waals surface area contributed by atoms with E-state index in [2.05, 4.69) is 16.2 Å². The Morgan fingerprint density at radius 1 is 0.750 bits per heavy atom. The van der Waals surface area contributed by atoms with E-state index < -0.39 is 11.8 Å². The van der Waals surface area contributed by atoms with E-state index in [0.717, 1.165) is 5.56 Å². The van der Waals surface area contributed by atoms with Crippen molar-refractivity contribution in [2.75, 3.05) is 5.32 Å². The number of carbonyl (C=O) groups is 3. The Balaban J connectivity index is 1.56. The number of hydrogen-bond acceptors (Lipinski definition) is 4. The third-order valence-corrected chi connectivity index (χ3v) is 4.55. The lowest BCUT2D eigenvalue weighted by atomic mass is 10.1. The van der Waals surface area contributed by atoms with Crippen LogP contribution in [0.25, 0.3) is 0 Å². The van der Waals surface area contributed by atoms with E-state index >= 15 is 0 Å². The lowest BCUT2D eigenvalue weighted by Crippen LogP contribution is -2.41. The Morgan fingerprint density at radius 2 is 1.41 bits per heavy atom. The summed E-state index contributed by atoms with van der Waals surface area (Å²) >= 11 is 0. The van der Waals surface area contributed by atoms with Gasteiger partial charge in [-0.3, -0.25) is 25.2 Å². The van der Waals surface area contributed by atoms with Crippen molar-refractivity contribution in [2.24, 2.45) is 0 Å². The first-order valence-corrected chi connectivity index (χ1v) is 10.2. The number of hydrogen-bond donors (Lipinski definition) is 3. The number of anilines is 1. The van der Waals surface area contributed by atoms with Crippen LogP contribution >= 0.6 is 0 Å². The second kappa shape index (κ2) is 10.3. The lowest BCUT2D eigenvalue weighted by Gasteiger charge is -2.12. The van der Waals surface area contributed by atoms with Crippen LogP contribution in [0.1, 0.15) is 50.5 Å². The van der Waals surface area contributed by atoms with E-state index in [1.807, 2.05) is 32.9 Å². The van der Waals surface area contributed by atoms with Gasteiger partial charge in [0.2, 0.25) is 0 Å². The van der Waals surface area contributed by atoms with Crippen molar-refractivity contribution in [1.29, 1.82) is 0 Å². The zero-order chi connectivity index (χ0) is 23.1. The minimum atomic E-state index is -0.482. The van der Waals surface area contributed by atoms with Crippen LogP contribution < -0.4 is 20.9 Å². The summed E-state index contributed by atoms with van der Waals surface area (Å²) < 4.78 is 5.58. The van der Waals surface area contributed by atoms with Crippen LogP contribution in [0, 0.1) is 6.92 Å². The monoisotopic (exact) mass is 431 g/mol. The Hall–Kier alpha value is -4.13. The van der Waals surface area contributed by atoms with Crippen LogP contribution in [0.2, 0.25) is 0 Å². The maximum atomic E-state index is 12.4. The number of ether oxygens (including phenoxy) is 1. The predicted molar refractivity (Wildman–Crippen MR) is 123 cm³/mol. The SMILES string of the molecule is Cc1ccccc1C(=O)Nc1ccc(C(=O)NNC(=O)c2cccc(OC(C)C)c2)cc1. The standard InChI is InChI=1S/C25H25N3O4/c1-16(2)32-21-9-6-8-19(15-21)24(30)28-27-23(29)18-11-13-20(14-12-18)26-25(31)22-10-5-4-7-17(22)3/h4-16H,1-3H3,(H,26,31)(H,27,29)(H,28,30). The molecule has 0 aromatic heterocycles. The van der Waals surface area contributed by atoms with Gasteiger partial charge in [-0.05, 0) is 74.9 Å². The molecule has 0 saturated carbocycles. The molecule has 3 aromatic rings. The average molecular weight is 431 g/mol. The summed E-state index contributed by atoms with van der Waals surface area (Å²) in [7, 11) is 0. The molecule has 3 rings (SSSR count). The maximum Gasteiger partial charge on any atom is 0.269 e. The summed E-state index contributed by atoms with van der Waals surface area (Å²) in [6, 6.07) is 20.4. The normalized spacial score (nSPS) is 10.4. The molecule has 0 bridgehead atoms. The number of hydrazine groups is 1. The molecule has 32 heavy (non-hydrogen) atoms. The molecule has 0 aliphatic carbocycles. The van der Waals surface area contributed by atoms with Crippen LogP contribution in [0.15, 0.2) is 72.8 Å². The van der Waals surface area contributed by atoms with E-state index in [9.17, 15) is 14.4 Å². The number of benzene rings is 3. The summed E-state index contributed by atoms with van der Waals surface area (Å²) in [4.78, 5) is 37.1. The molecule has 0 saturated heterocycles. The fourth-order valence-electron chi connectivity index (χ4n) is 2.97. The van der Waals surface area contributed by atoms with Crippen molar-refractivity contribution in [2.45, 2.75) is 26.9 Å². The first kappa shape index (κ1) is 22.6. The minimum Gasteiger partial charge on any atom is -0.491 e. The van der Waals surface area contributed by atoms with Gasteiger partial charge in [0.1, 0.15) is 5.75 Å². The largest absolute Gasteiger partial charge is 0.491 e. The molecule has 3 N–H and O–H groups in total. The summed E-state index contributed by atoms with van der Waals surface area (Å²) in [5.74, 6) is -0.599. The third-order valence-electron chi connectivity index (χ3n) is 4.55. The molecular formula is C25H25N3O4. The van der Waals surface area contributed by atoms with Gasteiger partial charge in [0.25, 0.3) is 17.7 Å². The maximum absolute atomic E-state index is 12.4. The van der Waals surface area contributed by atoms with Crippen molar-refractivity contribution < 1.29 is 19.1 Å². The zero-order valence-corrected chi connectivity index (χ0v) is 18.1. The van der Waals surface area contributed by atoms with Crippen molar-refractivity contribution in [3.63, 3.8) is 0 Å². The summed E-state index contributed by atoms with van der Waals surface area (Å²) in [6.07, 6.45) is -0.0162. The highest BCUT2D eigenvalue weighted by Crippen LogP contribution is 2.15. The van der Waals surface area contributed by atoms with Crippen molar-refractivity contribution in [1.82, 2.24) is 10.9 Å². The summed E-state index contributed by atoms with van der Waals surface area (Å²) in [5.41, 5.74) is 7.47. The Morgan fingerprint density at radius 3 is 2.06 bits per heavy atom. The summed E-state index contributed by atoms with van der Waals surface area (Å²) in [5, 5.41) is 2.80. The number of amides is 3. The second-order valence-electron chi connectivity index (χ2n) is 7.45. The molecule has 7 nitrogen and oxygen atoms in total. The summed E-state index contributed by atoms with van der Waals surface area (Å²) in [6.45, 7) is 5.66. The van der Waals surface area contributed by atoms with Gasteiger partial charge in [0.15, 0.2) is 0 Å². The van der Waals surface area contributed by atoms with Gasteiger partial charge in [0, 0.05) is 22.4 Å². The van der Waals surface area contributed by atoms with Gasteiger partial charge in [-0.1, -0.05) is 24.3 Å². The van der Waals surface area contributed by atoms with Crippen molar-refractivity contribution in [3.05, 3.63) is 95.1 Å². The van der Waals surface area contributed by atoms with Gasteiger partial charge in [-0.15, -0.1) is 0 Å². The van der Waals surface area contributed by atoms with Crippen LogP contribution in [-0.2, 0) is 0 Å². The van der Waals surface area contributed by atoms with E-state index in [4.69, 9.17) is 4.74 Å². The van der Waals surface area contributed by atoms with E-state index in [1.165, 1.54) is 0 Å². The number of carbonyl (C=O) groups excluding carboxylic acids is 3. The molecule has 0 aliphatic heterocycles. The van der Waals surface area contributed by atoms with Crippen molar-refractivity contribution >= 4 is 23.4 Å². The molecule has 3 amide bonds. The first-order valence-electron chi connectivity index (χ1n) is 10.2. The van der Waals surface area contributed by atoms with Crippen molar-refractivity contribution in [3.8, 4) is 5.75 Å². The molecular weight excluding hydrogens is 406 g/mol. The van der Waals surface area contributed by atoms with Gasteiger partial charge >= 0.3 is 0 Å². The Kier molecular flexibility index (Phi) is 7.23. The van der Waals surface area contributed by atoms with E-state index in [1.54, 1.807) is 60.7 Å². The fraction of sp³-hybridized carbons (Fsp3) is 0.160. The number of nitrogens with one attached hydrogen (secondary N) is 3. The number of rotatable bonds is 6. The molecule has 164 valence electrons. The molecule has 3 aromatic carbocycles. The number of aryl methyl sites for hydroxylation is 1. The molecule has 0 fully saturated rings. The predicted octanol–water partition coefficient (Wildman–Crippen LogP) is 4.11. The van der Waals surface area contributed by atoms with E-state index in [0.29, 0.717) is 28.1 Å².